The predicted octanol–water partition coefficient (Wildman–Crippen LogP) is 3.02. The van der Waals surface area contributed by atoms with Crippen LogP contribution in [-0.4, -0.2) is 20.0 Å². The summed E-state index contributed by atoms with van der Waals surface area (Å²) in [7, 11) is -3.63. The maximum atomic E-state index is 12.5. The van der Waals surface area contributed by atoms with Gasteiger partial charge in [0.1, 0.15) is 5.60 Å². The molecule has 5 heteroatoms. The van der Waals surface area contributed by atoms with E-state index in [1.54, 1.807) is 45.9 Å². The summed E-state index contributed by atoms with van der Waals surface area (Å²) in [4.78, 5) is 12.1. The Morgan fingerprint density at radius 3 is 2.24 bits per heavy atom. The molecule has 0 radical (unpaired) electrons. The molecule has 0 aliphatic carbocycles. The summed E-state index contributed by atoms with van der Waals surface area (Å²) in [5.41, 5.74) is 0.530. The zero-order valence-electron chi connectivity index (χ0n) is 12.5. The van der Waals surface area contributed by atoms with Crippen molar-refractivity contribution in [3.63, 3.8) is 0 Å². The van der Waals surface area contributed by atoms with Gasteiger partial charge in [0.2, 0.25) is 0 Å². The second-order valence-corrected chi connectivity index (χ2v) is 7.46. The van der Waals surface area contributed by atoms with Gasteiger partial charge in [0.05, 0.1) is 10.5 Å². The molecule has 0 unspecified atom stereocenters. The molecule has 2 rings (SSSR count). The first-order valence-corrected chi connectivity index (χ1v) is 8.13. The molecular weight excluding hydrogens is 288 g/mol. The van der Waals surface area contributed by atoms with Gasteiger partial charge in [0.15, 0.2) is 9.84 Å². The third-order valence-corrected chi connectivity index (χ3v) is 4.79. The van der Waals surface area contributed by atoms with Crippen LogP contribution in [0, 0.1) is 0 Å². The minimum atomic E-state index is -3.63. The Morgan fingerprint density at radius 1 is 1.14 bits per heavy atom. The van der Waals surface area contributed by atoms with Gasteiger partial charge >= 0.3 is 5.97 Å². The Kier molecular flexibility index (Phi) is 3.80. The molecule has 0 bridgehead atoms. The van der Waals surface area contributed by atoms with E-state index in [4.69, 9.17) is 4.74 Å². The van der Waals surface area contributed by atoms with E-state index in [9.17, 15) is 13.2 Å². The monoisotopic (exact) mass is 306 g/mol. The number of hydrogen-bond donors (Lipinski definition) is 0. The molecule has 1 aliphatic rings. The van der Waals surface area contributed by atoms with Crippen LogP contribution < -0.4 is 0 Å². The quantitative estimate of drug-likeness (QED) is 0.622. The lowest BCUT2D eigenvalue weighted by Crippen LogP contribution is -2.21. The average Bonchev–Trinajstić information content (AvgIpc) is 2.59. The normalized spacial score (nSPS) is 19.7. The van der Waals surface area contributed by atoms with E-state index >= 15 is 0 Å². The van der Waals surface area contributed by atoms with Gasteiger partial charge in [-0.2, -0.15) is 0 Å². The van der Waals surface area contributed by atoms with E-state index in [0.29, 0.717) is 11.1 Å². The second kappa shape index (κ2) is 5.15. The molecule has 1 fully saturated rings. The average molecular weight is 306 g/mol. The zero-order chi connectivity index (χ0) is 15.8. The van der Waals surface area contributed by atoms with E-state index in [1.807, 2.05) is 0 Å². The summed E-state index contributed by atoms with van der Waals surface area (Å²) in [5.74, 6) is -0.477. The Balaban J connectivity index is 2.63. The van der Waals surface area contributed by atoms with Gasteiger partial charge in [-0.05, 0) is 39.8 Å². The number of allylic oxidation sites excluding steroid dienone is 1. The van der Waals surface area contributed by atoms with Gasteiger partial charge in [0.25, 0.3) is 0 Å². The highest BCUT2D eigenvalue weighted by Crippen LogP contribution is 2.38. The fourth-order valence-corrected chi connectivity index (χ4v) is 3.64. The molecule has 21 heavy (non-hydrogen) atoms. The SMILES string of the molecule is CC(C)=C1C(=O)OC(C)(C)/C1=C/S(=O)(=O)c1ccccc1. The lowest BCUT2D eigenvalue weighted by molar-refractivity contribution is -0.142. The number of sulfone groups is 1. The summed E-state index contributed by atoms with van der Waals surface area (Å²) >= 11 is 0. The third kappa shape index (κ3) is 2.93. The molecular formula is C16H18O4S. The van der Waals surface area contributed by atoms with Crippen LogP contribution in [0.1, 0.15) is 27.7 Å². The largest absolute Gasteiger partial charge is 0.451 e. The van der Waals surface area contributed by atoms with Crippen molar-refractivity contribution in [2.45, 2.75) is 38.2 Å². The van der Waals surface area contributed by atoms with Crippen molar-refractivity contribution < 1.29 is 17.9 Å². The first-order valence-electron chi connectivity index (χ1n) is 6.58. The summed E-state index contributed by atoms with van der Waals surface area (Å²) in [6.07, 6.45) is 0. The lowest BCUT2D eigenvalue weighted by atomic mass is 9.94. The van der Waals surface area contributed by atoms with E-state index < -0.39 is 21.4 Å². The number of carbonyl (C=O) groups excluding carboxylic acids is 1. The van der Waals surface area contributed by atoms with Crippen LogP contribution in [0.4, 0.5) is 0 Å². The standard InChI is InChI=1S/C16H18O4S/c1-11(2)14-13(16(3,4)20-15(14)17)10-21(18,19)12-8-6-5-7-9-12/h5-10H,1-4H3/b13-10+. The summed E-state index contributed by atoms with van der Waals surface area (Å²) in [6.45, 7) is 6.91. The van der Waals surface area contributed by atoms with Gasteiger partial charge in [0, 0.05) is 11.0 Å². The van der Waals surface area contributed by atoms with Crippen molar-refractivity contribution in [3.05, 3.63) is 52.5 Å². The topological polar surface area (TPSA) is 60.4 Å². The van der Waals surface area contributed by atoms with Gasteiger partial charge in [-0.3, -0.25) is 0 Å². The van der Waals surface area contributed by atoms with Crippen molar-refractivity contribution in [1.82, 2.24) is 0 Å². The third-order valence-electron chi connectivity index (χ3n) is 3.31. The molecule has 0 amide bonds. The van der Waals surface area contributed by atoms with Crippen molar-refractivity contribution >= 4 is 15.8 Å². The minimum absolute atomic E-state index is 0.195. The van der Waals surface area contributed by atoms with Crippen LogP contribution in [0.2, 0.25) is 0 Å². The number of ether oxygens (including phenoxy) is 1. The molecule has 4 nitrogen and oxygen atoms in total. The van der Waals surface area contributed by atoms with Crippen LogP contribution in [-0.2, 0) is 19.4 Å². The maximum Gasteiger partial charge on any atom is 0.339 e. The molecule has 1 aromatic rings. The van der Waals surface area contributed by atoms with Crippen LogP contribution >= 0.6 is 0 Å². The van der Waals surface area contributed by atoms with Crippen LogP contribution in [0.25, 0.3) is 0 Å². The Hall–Kier alpha value is -1.88. The van der Waals surface area contributed by atoms with E-state index in [-0.39, 0.29) is 4.90 Å². The first-order chi connectivity index (χ1) is 9.65. The molecule has 1 heterocycles. The van der Waals surface area contributed by atoms with Crippen LogP contribution in [0.5, 0.6) is 0 Å². The Bertz CT molecular complexity index is 734. The molecule has 0 N–H and O–H groups in total. The van der Waals surface area contributed by atoms with Crippen LogP contribution in [0.15, 0.2) is 57.4 Å². The van der Waals surface area contributed by atoms with Crippen molar-refractivity contribution in [1.29, 1.82) is 0 Å². The van der Waals surface area contributed by atoms with E-state index in [0.717, 1.165) is 11.0 Å². The maximum absolute atomic E-state index is 12.5. The van der Waals surface area contributed by atoms with Gasteiger partial charge in [-0.15, -0.1) is 0 Å². The highest BCUT2D eigenvalue weighted by Gasteiger charge is 2.42. The molecule has 1 aliphatic heterocycles. The highest BCUT2D eigenvalue weighted by molar-refractivity contribution is 7.94. The number of carbonyl (C=O) groups is 1. The number of benzene rings is 1. The molecule has 1 saturated heterocycles. The highest BCUT2D eigenvalue weighted by atomic mass is 32.2. The lowest BCUT2D eigenvalue weighted by Gasteiger charge is -2.18. The second-order valence-electron chi connectivity index (χ2n) is 5.66. The molecule has 112 valence electrons. The van der Waals surface area contributed by atoms with Gasteiger partial charge in [-0.1, -0.05) is 23.8 Å². The number of hydrogen-bond acceptors (Lipinski definition) is 4. The molecule has 1 aromatic carbocycles. The van der Waals surface area contributed by atoms with Gasteiger partial charge in [-0.25, -0.2) is 13.2 Å². The minimum Gasteiger partial charge on any atom is -0.451 e. The number of esters is 1. The predicted molar refractivity (Wildman–Crippen MR) is 80.3 cm³/mol. The van der Waals surface area contributed by atoms with E-state index in [2.05, 4.69) is 0 Å². The number of cyclic esters (lactones) is 1. The Morgan fingerprint density at radius 2 is 1.71 bits per heavy atom. The zero-order valence-corrected chi connectivity index (χ0v) is 13.3. The summed E-state index contributed by atoms with van der Waals surface area (Å²) in [5, 5.41) is 1.15. The summed E-state index contributed by atoms with van der Waals surface area (Å²) in [6, 6.07) is 8.13. The molecule has 0 saturated carbocycles. The fourth-order valence-electron chi connectivity index (χ4n) is 2.26. The molecule has 0 spiro atoms. The van der Waals surface area contributed by atoms with Gasteiger partial charge < -0.3 is 4.74 Å². The molecule has 0 aromatic heterocycles. The number of rotatable bonds is 2. The summed E-state index contributed by atoms with van der Waals surface area (Å²) < 4.78 is 30.3. The first kappa shape index (κ1) is 15.5. The van der Waals surface area contributed by atoms with Crippen LogP contribution in [0.3, 0.4) is 0 Å². The fraction of sp³-hybridized carbons (Fsp3) is 0.312. The smallest absolute Gasteiger partial charge is 0.339 e. The van der Waals surface area contributed by atoms with Crippen molar-refractivity contribution in [3.8, 4) is 0 Å². The van der Waals surface area contributed by atoms with Crippen molar-refractivity contribution in [2.75, 3.05) is 0 Å². The molecule has 0 atom stereocenters. The van der Waals surface area contributed by atoms with Crippen molar-refractivity contribution in [2.24, 2.45) is 0 Å². The van der Waals surface area contributed by atoms with E-state index in [1.165, 1.54) is 12.1 Å². The Labute approximate surface area is 125 Å².